The van der Waals surface area contributed by atoms with Crippen molar-refractivity contribution in [3.63, 3.8) is 0 Å². The fraction of sp³-hybridized carbons (Fsp3) is 0.227. The van der Waals surface area contributed by atoms with E-state index in [2.05, 4.69) is 15.3 Å². The second kappa shape index (κ2) is 8.99. The normalized spacial score (nSPS) is 13.5. The molecule has 3 aromatic rings. The molecular formula is C22H18F5N3O2. The minimum absolute atomic E-state index is 0.128. The highest BCUT2D eigenvalue weighted by Gasteiger charge is 2.40. The van der Waals surface area contributed by atoms with Gasteiger partial charge in [0.15, 0.2) is 6.10 Å². The highest BCUT2D eigenvalue weighted by molar-refractivity contribution is 5.96. The van der Waals surface area contributed by atoms with Crippen LogP contribution in [0.4, 0.5) is 22.0 Å². The maximum Gasteiger partial charge on any atom is 0.418 e. The van der Waals surface area contributed by atoms with Crippen LogP contribution in [-0.2, 0) is 0 Å². The molecule has 0 radical (unpaired) electrons. The molecule has 168 valence electrons. The van der Waals surface area contributed by atoms with Gasteiger partial charge in [-0.2, -0.15) is 13.2 Å². The zero-order valence-electron chi connectivity index (χ0n) is 16.9. The molecule has 10 heteroatoms. The molecule has 2 atom stereocenters. The Hall–Kier alpha value is -3.40. The van der Waals surface area contributed by atoms with Crippen molar-refractivity contribution in [3.8, 4) is 11.1 Å². The SMILES string of the molecule is Cc1cnc([C@@H](C)NC(=O)c2cc(-c3ccc(F)cc3F)cc(C(O)C(F)(F)F)c2)cn1. The van der Waals surface area contributed by atoms with E-state index in [4.69, 9.17) is 0 Å². The number of aryl methyl sites for hydroxylation is 1. The third-order valence-electron chi connectivity index (χ3n) is 4.68. The summed E-state index contributed by atoms with van der Waals surface area (Å²) in [5.41, 5.74) is -0.194. The number of aliphatic hydroxyl groups excluding tert-OH is 1. The molecule has 0 saturated carbocycles. The molecule has 0 aliphatic heterocycles. The monoisotopic (exact) mass is 451 g/mol. The number of hydrogen-bond acceptors (Lipinski definition) is 4. The van der Waals surface area contributed by atoms with Gasteiger partial charge in [-0.15, -0.1) is 0 Å². The van der Waals surface area contributed by atoms with Crippen molar-refractivity contribution in [2.75, 3.05) is 0 Å². The number of nitrogens with one attached hydrogen (secondary N) is 1. The van der Waals surface area contributed by atoms with Gasteiger partial charge in [-0.3, -0.25) is 14.8 Å². The number of aromatic nitrogens is 2. The third-order valence-corrected chi connectivity index (χ3v) is 4.68. The molecule has 32 heavy (non-hydrogen) atoms. The van der Waals surface area contributed by atoms with Crippen LogP contribution in [0.5, 0.6) is 0 Å². The molecule has 2 aromatic carbocycles. The van der Waals surface area contributed by atoms with Gasteiger partial charge in [0.1, 0.15) is 11.6 Å². The van der Waals surface area contributed by atoms with Gasteiger partial charge >= 0.3 is 6.18 Å². The van der Waals surface area contributed by atoms with Crippen LogP contribution in [0, 0.1) is 18.6 Å². The Kier molecular flexibility index (Phi) is 6.54. The third kappa shape index (κ3) is 5.25. The van der Waals surface area contributed by atoms with Gasteiger partial charge in [0, 0.05) is 23.4 Å². The van der Waals surface area contributed by atoms with E-state index < -0.39 is 41.4 Å². The number of halogens is 5. The van der Waals surface area contributed by atoms with Crippen molar-refractivity contribution >= 4 is 5.91 Å². The highest BCUT2D eigenvalue weighted by Crippen LogP contribution is 2.35. The number of rotatable bonds is 5. The summed E-state index contributed by atoms with van der Waals surface area (Å²) in [6.07, 6.45) is -4.98. The highest BCUT2D eigenvalue weighted by atomic mass is 19.4. The minimum atomic E-state index is -5.02. The predicted octanol–water partition coefficient (Wildman–Crippen LogP) is 4.82. The van der Waals surface area contributed by atoms with Crippen molar-refractivity contribution in [3.05, 3.63) is 82.9 Å². The predicted molar refractivity (Wildman–Crippen MR) is 105 cm³/mol. The van der Waals surface area contributed by atoms with E-state index in [0.29, 0.717) is 17.5 Å². The molecule has 1 amide bonds. The Balaban J connectivity index is 2.01. The van der Waals surface area contributed by atoms with Crippen molar-refractivity contribution in [2.24, 2.45) is 0 Å². The number of carbonyl (C=O) groups excluding carboxylic acids is 1. The average molecular weight is 451 g/mol. The summed E-state index contributed by atoms with van der Waals surface area (Å²) in [4.78, 5) is 21.0. The first-order valence-corrected chi connectivity index (χ1v) is 9.40. The first kappa shape index (κ1) is 23.3. The number of alkyl halides is 3. The van der Waals surface area contributed by atoms with Crippen LogP contribution in [0.3, 0.4) is 0 Å². The van der Waals surface area contributed by atoms with E-state index in [1.165, 1.54) is 12.4 Å². The summed E-state index contributed by atoms with van der Waals surface area (Å²) >= 11 is 0. The molecule has 0 spiro atoms. The van der Waals surface area contributed by atoms with E-state index in [0.717, 1.165) is 30.3 Å². The topological polar surface area (TPSA) is 75.1 Å². The van der Waals surface area contributed by atoms with Crippen LogP contribution in [0.15, 0.2) is 48.8 Å². The van der Waals surface area contributed by atoms with Crippen molar-refractivity contribution < 1.29 is 31.9 Å². The lowest BCUT2D eigenvalue weighted by Crippen LogP contribution is -2.28. The molecule has 0 bridgehead atoms. The maximum atomic E-state index is 14.3. The summed E-state index contributed by atoms with van der Waals surface area (Å²) in [6.45, 7) is 3.33. The second-order valence-electron chi connectivity index (χ2n) is 7.19. The summed E-state index contributed by atoms with van der Waals surface area (Å²) in [5.74, 6) is -2.68. The van der Waals surface area contributed by atoms with Crippen LogP contribution in [0.25, 0.3) is 11.1 Å². The summed E-state index contributed by atoms with van der Waals surface area (Å²) in [5, 5.41) is 12.3. The lowest BCUT2D eigenvalue weighted by atomic mass is 9.96. The number of nitrogens with zero attached hydrogens (tertiary/aromatic N) is 2. The van der Waals surface area contributed by atoms with Gasteiger partial charge in [0.2, 0.25) is 0 Å². The smallest absolute Gasteiger partial charge is 0.379 e. The van der Waals surface area contributed by atoms with Gasteiger partial charge in [-0.05, 0) is 55.3 Å². The average Bonchev–Trinajstić information content (AvgIpc) is 2.72. The van der Waals surface area contributed by atoms with Crippen LogP contribution < -0.4 is 5.32 Å². The van der Waals surface area contributed by atoms with E-state index in [1.807, 2.05) is 0 Å². The molecule has 0 saturated heterocycles. The fourth-order valence-electron chi connectivity index (χ4n) is 2.99. The Labute approximate surface area is 180 Å². The van der Waals surface area contributed by atoms with E-state index >= 15 is 0 Å². The number of hydrogen-bond donors (Lipinski definition) is 2. The van der Waals surface area contributed by atoms with Crippen molar-refractivity contribution in [2.45, 2.75) is 32.2 Å². The van der Waals surface area contributed by atoms with Crippen LogP contribution in [-0.4, -0.2) is 27.2 Å². The Morgan fingerprint density at radius 3 is 2.38 bits per heavy atom. The molecule has 2 N–H and O–H groups in total. The van der Waals surface area contributed by atoms with Crippen LogP contribution in [0.2, 0.25) is 0 Å². The van der Waals surface area contributed by atoms with Crippen molar-refractivity contribution in [1.82, 2.24) is 15.3 Å². The van der Waals surface area contributed by atoms with Gasteiger partial charge in [0.25, 0.3) is 5.91 Å². The number of amides is 1. The summed E-state index contributed by atoms with van der Waals surface area (Å²) < 4.78 is 66.8. The van der Waals surface area contributed by atoms with Gasteiger partial charge < -0.3 is 10.4 Å². The number of carbonyl (C=O) groups is 1. The first-order chi connectivity index (χ1) is 15.0. The van der Waals surface area contributed by atoms with E-state index in [9.17, 15) is 31.9 Å². The molecule has 0 fully saturated rings. The van der Waals surface area contributed by atoms with Crippen LogP contribution >= 0.6 is 0 Å². The quantitative estimate of drug-likeness (QED) is 0.546. The standard InChI is InChI=1S/C22H18F5N3O2/c1-11-9-29-19(10-28-11)12(2)30-21(32)15-6-13(17-4-3-16(23)8-18(17)24)5-14(7-15)20(31)22(25,26)27/h3-10,12,20,31H,1-2H3,(H,30,32)/t12-,20?/m1/s1. The maximum absolute atomic E-state index is 14.3. The minimum Gasteiger partial charge on any atom is -0.379 e. The first-order valence-electron chi connectivity index (χ1n) is 9.40. The molecule has 5 nitrogen and oxygen atoms in total. The molecule has 1 heterocycles. The second-order valence-corrected chi connectivity index (χ2v) is 7.19. The Bertz CT molecular complexity index is 1130. The molecule has 1 aromatic heterocycles. The molecule has 3 rings (SSSR count). The summed E-state index contributed by atoms with van der Waals surface area (Å²) in [7, 11) is 0. The molecular weight excluding hydrogens is 433 g/mol. The van der Waals surface area contributed by atoms with E-state index in [-0.39, 0.29) is 16.7 Å². The van der Waals surface area contributed by atoms with Crippen LogP contribution in [0.1, 0.15) is 46.4 Å². The zero-order valence-corrected chi connectivity index (χ0v) is 16.9. The molecule has 0 aliphatic rings. The number of aliphatic hydroxyl groups is 1. The Morgan fingerprint density at radius 1 is 1.06 bits per heavy atom. The fourth-order valence-corrected chi connectivity index (χ4v) is 2.99. The van der Waals surface area contributed by atoms with Gasteiger partial charge in [-0.1, -0.05) is 0 Å². The number of benzene rings is 2. The van der Waals surface area contributed by atoms with E-state index in [1.54, 1.807) is 13.8 Å². The largest absolute Gasteiger partial charge is 0.418 e. The zero-order chi connectivity index (χ0) is 23.6. The lowest BCUT2D eigenvalue weighted by Gasteiger charge is -2.18. The van der Waals surface area contributed by atoms with Gasteiger partial charge in [0.05, 0.1) is 23.6 Å². The van der Waals surface area contributed by atoms with Crippen molar-refractivity contribution in [1.29, 1.82) is 0 Å². The lowest BCUT2D eigenvalue weighted by molar-refractivity contribution is -0.206. The Morgan fingerprint density at radius 2 is 1.78 bits per heavy atom. The summed E-state index contributed by atoms with van der Waals surface area (Å²) in [6, 6.07) is 4.83. The molecule has 1 unspecified atom stereocenters. The van der Waals surface area contributed by atoms with Gasteiger partial charge in [-0.25, -0.2) is 8.78 Å². The molecule has 0 aliphatic carbocycles.